The van der Waals surface area contributed by atoms with E-state index in [1.54, 1.807) is 14.2 Å². The van der Waals surface area contributed by atoms with Gasteiger partial charge in [-0.25, -0.2) is 4.98 Å². The van der Waals surface area contributed by atoms with Crippen LogP contribution >= 0.6 is 11.3 Å². The van der Waals surface area contributed by atoms with Crippen LogP contribution in [0.2, 0.25) is 0 Å². The van der Waals surface area contributed by atoms with Crippen molar-refractivity contribution in [3.05, 3.63) is 59.1 Å². The van der Waals surface area contributed by atoms with Crippen LogP contribution in [0, 0.1) is 6.92 Å². The van der Waals surface area contributed by atoms with Crippen molar-refractivity contribution < 1.29 is 14.3 Å². The summed E-state index contributed by atoms with van der Waals surface area (Å²) in [4.78, 5) is 17.8. The molecule has 0 saturated carbocycles. The van der Waals surface area contributed by atoms with Crippen molar-refractivity contribution >= 4 is 22.9 Å². The average molecular weight is 412 g/mol. The number of nitrogens with zero attached hydrogens (tertiary/aromatic N) is 1. The van der Waals surface area contributed by atoms with E-state index < -0.39 is 0 Å². The minimum Gasteiger partial charge on any atom is -0.493 e. The number of hydrogen-bond acceptors (Lipinski definition) is 6. The van der Waals surface area contributed by atoms with Crippen molar-refractivity contribution in [3.63, 3.8) is 0 Å². The molecule has 7 heteroatoms. The fraction of sp³-hybridized carbons (Fsp3) is 0.273. The molecule has 6 nitrogen and oxygen atoms in total. The maximum absolute atomic E-state index is 12.6. The lowest BCUT2D eigenvalue weighted by molar-refractivity contribution is 0.0957. The fourth-order valence-electron chi connectivity index (χ4n) is 2.86. The molecule has 152 valence electrons. The molecule has 1 amide bonds. The van der Waals surface area contributed by atoms with Crippen LogP contribution in [0.1, 0.15) is 21.8 Å². The van der Waals surface area contributed by atoms with E-state index >= 15 is 0 Å². The van der Waals surface area contributed by atoms with Crippen LogP contribution < -0.4 is 20.1 Å². The Kier molecular flexibility index (Phi) is 7.08. The Morgan fingerprint density at radius 2 is 1.79 bits per heavy atom. The molecule has 0 spiro atoms. The molecule has 0 fully saturated rings. The number of methoxy groups -OCH3 is 2. The van der Waals surface area contributed by atoms with E-state index in [1.165, 1.54) is 11.3 Å². The first-order valence-electron chi connectivity index (χ1n) is 9.39. The van der Waals surface area contributed by atoms with Gasteiger partial charge in [0.25, 0.3) is 5.91 Å². The lowest BCUT2D eigenvalue weighted by Gasteiger charge is -2.08. The van der Waals surface area contributed by atoms with E-state index in [0.29, 0.717) is 22.9 Å². The maximum Gasteiger partial charge on any atom is 0.263 e. The summed E-state index contributed by atoms with van der Waals surface area (Å²) in [6.07, 6.45) is 0.834. The quantitative estimate of drug-likeness (QED) is 0.512. The van der Waals surface area contributed by atoms with Gasteiger partial charge < -0.3 is 20.1 Å². The lowest BCUT2D eigenvalue weighted by atomic mass is 10.2. The first kappa shape index (κ1) is 20.7. The summed E-state index contributed by atoms with van der Waals surface area (Å²) in [6, 6.07) is 15.6. The molecular formula is C22H25N3O3S. The van der Waals surface area contributed by atoms with Gasteiger partial charge in [0.15, 0.2) is 11.5 Å². The number of aromatic nitrogens is 1. The summed E-state index contributed by atoms with van der Waals surface area (Å²) >= 11 is 1.38. The van der Waals surface area contributed by atoms with Gasteiger partial charge >= 0.3 is 0 Å². The number of thiazole rings is 1. The number of rotatable bonds is 9. The first-order valence-corrected chi connectivity index (χ1v) is 10.2. The standard InChI is InChI=1S/C22H25N3O3S/c1-15-20(21(26)24-13-7-12-23-17-8-5-4-6-9-17)29-22(25-15)16-10-11-18(27-2)19(14-16)28-3/h4-6,8-11,14,23H,7,12-13H2,1-3H3,(H,24,26). The molecule has 1 heterocycles. The number of aryl methyl sites for hydroxylation is 1. The predicted molar refractivity (Wildman–Crippen MR) is 117 cm³/mol. The van der Waals surface area contributed by atoms with Gasteiger partial charge in [0.05, 0.1) is 19.9 Å². The molecule has 0 atom stereocenters. The largest absolute Gasteiger partial charge is 0.493 e. The van der Waals surface area contributed by atoms with Crippen LogP contribution in [0.15, 0.2) is 48.5 Å². The van der Waals surface area contributed by atoms with E-state index in [0.717, 1.165) is 34.9 Å². The molecule has 3 rings (SSSR count). The molecule has 0 aliphatic heterocycles. The van der Waals surface area contributed by atoms with Crippen LogP contribution in [0.4, 0.5) is 5.69 Å². The maximum atomic E-state index is 12.6. The number of nitrogens with one attached hydrogen (secondary N) is 2. The van der Waals surface area contributed by atoms with E-state index in [2.05, 4.69) is 15.6 Å². The van der Waals surface area contributed by atoms with Crippen LogP contribution in [0.5, 0.6) is 11.5 Å². The number of carbonyl (C=O) groups is 1. The number of benzene rings is 2. The molecule has 2 aromatic carbocycles. The van der Waals surface area contributed by atoms with E-state index in [4.69, 9.17) is 9.47 Å². The van der Waals surface area contributed by atoms with Crippen LogP contribution in [-0.4, -0.2) is 38.2 Å². The zero-order valence-electron chi connectivity index (χ0n) is 16.8. The molecule has 0 unspecified atom stereocenters. The second kappa shape index (κ2) is 9.93. The summed E-state index contributed by atoms with van der Waals surface area (Å²) in [5, 5.41) is 7.09. The Balaban J connectivity index is 1.57. The van der Waals surface area contributed by atoms with Gasteiger partial charge in [0.1, 0.15) is 9.88 Å². The second-order valence-electron chi connectivity index (χ2n) is 6.41. The van der Waals surface area contributed by atoms with Gasteiger partial charge in [-0.1, -0.05) is 18.2 Å². The van der Waals surface area contributed by atoms with Gasteiger partial charge in [0.2, 0.25) is 0 Å². The van der Waals surface area contributed by atoms with Crippen LogP contribution in [0.3, 0.4) is 0 Å². The number of para-hydroxylation sites is 1. The Bertz CT molecular complexity index is 957. The van der Waals surface area contributed by atoms with Crippen molar-refractivity contribution in [3.8, 4) is 22.1 Å². The normalized spacial score (nSPS) is 10.4. The summed E-state index contributed by atoms with van der Waals surface area (Å²) < 4.78 is 10.6. The Labute approximate surface area is 174 Å². The van der Waals surface area contributed by atoms with Crippen LogP contribution in [-0.2, 0) is 0 Å². The van der Waals surface area contributed by atoms with Crippen molar-refractivity contribution in [1.29, 1.82) is 0 Å². The molecule has 0 bridgehead atoms. The lowest BCUT2D eigenvalue weighted by Crippen LogP contribution is -2.25. The van der Waals surface area contributed by atoms with Gasteiger partial charge in [-0.2, -0.15) is 0 Å². The molecular weight excluding hydrogens is 386 g/mol. The van der Waals surface area contributed by atoms with Crippen LogP contribution in [0.25, 0.3) is 10.6 Å². The first-order chi connectivity index (χ1) is 14.1. The van der Waals surface area contributed by atoms with Gasteiger partial charge in [0, 0.05) is 24.3 Å². The smallest absolute Gasteiger partial charge is 0.263 e. The minimum absolute atomic E-state index is 0.0913. The Hall–Kier alpha value is -3.06. The molecule has 0 radical (unpaired) electrons. The Morgan fingerprint density at radius 1 is 1.03 bits per heavy atom. The van der Waals surface area contributed by atoms with E-state index in [1.807, 2.05) is 55.5 Å². The zero-order chi connectivity index (χ0) is 20.6. The highest BCUT2D eigenvalue weighted by Gasteiger charge is 2.17. The molecule has 29 heavy (non-hydrogen) atoms. The highest BCUT2D eigenvalue weighted by Crippen LogP contribution is 2.34. The third kappa shape index (κ3) is 5.26. The van der Waals surface area contributed by atoms with Gasteiger partial charge in [-0.05, 0) is 43.7 Å². The molecule has 0 aliphatic carbocycles. The topological polar surface area (TPSA) is 72.5 Å². The third-order valence-corrected chi connectivity index (χ3v) is 5.58. The van der Waals surface area contributed by atoms with Crippen molar-refractivity contribution in [1.82, 2.24) is 10.3 Å². The fourth-order valence-corrected chi connectivity index (χ4v) is 3.84. The van der Waals surface area contributed by atoms with Crippen molar-refractivity contribution in [2.24, 2.45) is 0 Å². The molecule has 0 saturated heterocycles. The number of amides is 1. The SMILES string of the molecule is COc1ccc(-c2nc(C)c(C(=O)NCCCNc3ccccc3)s2)cc1OC. The highest BCUT2D eigenvalue weighted by atomic mass is 32.1. The molecule has 2 N–H and O–H groups in total. The average Bonchev–Trinajstić information content (AvgIpc) is 3.15. The summed E-state index contributed by atoms with van der Waals surface area (Å²) in [6.45, 7) is 3.25. The second-order valence-corrected chi connectivity index (χ2v) is 7.40. The van der Waals surface area contributed by atoms with Gasteiger partial charge in [-0.3, -0.25) is 4.79 Å². The van der Waals surface area contributed by atoms with Crippen molar-refractivity contribution in [2.45, 2.75) is 13.3 Å². The zero-order valence-corrected chi connectivity index (χ0v) is 17.6. The molecule has 3 aromatic rings. The third-order valence-electron chi connectivity index (χ3n) is 4.38. The minimum atomic E-state index is -0.0913. The number of anilines is 1. The number of ether oxygens (including phenoxy) is 2. The van der Waals surface area contributed by atoms with Gasteiger partial charge in [-0.15, -0.1) is 11.3 Å². The molecule has 1 aromatic heterocycles. The Morgan fingerprint density at radius 3 is 2.52 bits per heavy atom. The summed E-state index contributed by atoms with van der Waals surface area (Å²) in [7, 11) is 3.20. The predicted octanol–water partition coefficient (Wildman–Crippen LogP) is 4.37. The van der Waals surface area contributed by atoms with Crippen molar-refractivity contribution in [2.75, 3.05) is 32.6 Å². The summed E-state index contributed by atoms with van der Waals surface area (Å²) in [5.41, 5.74) is 2.69. The number of hydrogen-bond donors (Lipinski definition) is 2. The molecule has 0 aliphatic rings. The van der Waals surface area contributed by atoms with E-state index in [9.17, 15) is 4.79 Å². The number of carbonyl (C=O) groups excluding carboxylic acids is 1. The van der Waals surface area contributed by atoms with E-state index in [-0.39, 0.29) is 5.91 Å². The summed E-state index contributed by atoms with van der Waals surface area (Å²) in [5.74, 6) is 1.20. The highest BCUT2D eigenvalue weighted by molar-refractivity contribution is 7.17. The monoisotopic (exact) mass is 411 g/mol.